The first-order valence-corrected chi connectivity index (χ1v) is 11.5. The molecule has 0 aromatic heterocycles. The van der Waals surface area contributed by atoms with Gasteiger partial charge in [-0.25, -0.2) is 13.1 Å². The van der Waals surface area contributed by atoms with E-state index in [-0.39, 0.29) is 23.9 Å². The summed E-state index contributed by atoms with van der Waals surface area (Å²) in [5.74, 6) is 1.23. The van der Waals surface area contributed by atoms with E-state index in [2.05, 4.69) is 10.0 Å². The molecule has 0 aliphatic heterocycles. The van der Waals surface area contributed by atoms with Crippen molar-refractivity contribution in [2.75, 3.05) is 26.8 Å². The zero-order valence-electron chi connectivity index (χ0n) is 17.3. The number of sulfonamides is 1. The van der Waals surface area contributed by atoms with E-state index in [0.29, 0.717) is 25.2 Å². The third-order valence-electron chi connectivity index (χ3n) is 4.66. The molecule has 3 aromatic carbocycles. The normalized spacial score (nSPS) is 11.3. The van der Waals surface area contributed by atoms with Gasteiger partial charge in [0.05, 0.1) is 18.6 Å². The van der Waals surface area contributed by atoms with Crippen LogP contribution in [0.25, 0.3) is 10.8 Å². The van der Waals surface area contributed by atoms with Gasteiger partial charge >= 0.3 is 0 Å². The molecule has 31 heavy (non-hydrogen) atoms. The van der Waals surface area contributed by atoms with Crippen LogP contribution >= 0.6 is 0 Å². The average molecular weight is 443 g/mol. The van der Waals surface area contributed by atoms with Crippen molar-refractivity contribution in [3.05, 3.63) is 66.7 Å². The van der Waals surface area contributed by atoms with Gasteiger partial charge < -0.3 is 14.8 Å². The van der Waals surface area contributed by atoms with Crippen molar-refractivity contribution in [1.29, 1.82) is 0 Å². The summed E-state index contributed by atoms with van der Waals surface area (Å²) in [5.41, 5.74) is 0. The van der Waals surface area contributed by atoms with E-state index in [0.717, 1.165) is 16.5 Å². The van der Waals surface area contributed by atoms with Crippen LogP contribution in [0.3, 0.4) is 0 Å². The Morgan fingerprint density at radius 1 is 0.935 bits per heavy atom. The highest BCUT2D eigenvalue weighted by Crippen LogP contribution is 2.25. The summed E-state index contributed by atoms with van der Waals surface area (Å²) in [6.07, 6.45) is 0.864. The maximum absolute atomic E-state index is 12.2. The molecule has 2 N–H and O–H groups in total. The van der Waals surface area contributed by atoms with Crippen molar-refractivity contribution in [1.82, 2.24) is 10.0 Å². The molecule has 164 valence electrons. The van der Waals surface area contributed by atoms with Crippen LogP contribution in [0.4, 0.5) is 0 Å². The van der Waals surface area contributed by atoms with Gasteiger partial charge in [0.1, 0.15) is 11.5 Å². The average Bonchev–Trinajstić information content (AvgIpc) is 2.79. The van der Waals surface area contributed by atoms with Crippen LogP contribution in [0.5, 0.6) is 11.5 Å². The lowest BCUT2D eigenvalue weighted by molar-refractivity contribution is -0.121. The Bertz CT molecular complexity index is 1110. The van der Waals surface area contributed by atoms with Crippen molar-refractivity contribution in [2.45, 2.75) is 17.7 Å². The van der Waals surface area contributed by atoms with E-state index in [1.807, 2.05) is 42.5 Å². The molecule has 0 radical (unpaired) electrons. The van der Waals surface area contributed by atoms with E-state index in [1.165, 1.54) is 19.2 Å². The lowest BCUT2D eigenvalue weighted by Crippen LogP contribution is -2.34. The van der Waals surface area contributed by atoms with Gasteiger partial charge in [-0.1, -0.05) is 36.4 Å². The Balaban J connectivity index is 1.35. The number of fused-ring (bicyclic) bond motifs is 1. The number of benzene rings is 3. The van der Waals surface area contributed by atoms with E-state index in [4.69, 9.17) is 9.47 Å². The number of hydrogen-bond donors (Lipinski definition) is 2. The maximum Gasteiger partial charge on any atom is 0.240 e. The summed E-state index contributed by atoms with van der Waals surface area (Å²) in [6, 6.07) is 20.0. The molecule has 7 nitrogen and oxygen atoms in total. The number of rotatable bonds is 11. The Kier molecular flexibility index (Phi) is 7.86. The van der Waals surface area contributed by atoms with Gasteiger partial charge in [0, 0.05) is 24.9 Å². The van der Waals surface area contributed by atoms with E-state index >= 15 is 0 Å². The molecule has 0 saturated carbocycles. The Morgan fingerprint density at radius 3 is 2.45 bits per heavy atom. The quantitative estimate of drug-likeness (QED) is 0.445. The highest BCUT2D eigenvalue weighted by atomic mass is 32.2. The molecule has 0 spiro atoms. The summed E-state index contributed by atoms with van der Waals surface area (Å²) < 4.78 is 37.8. The minimum absolute atomic E-state index is 0.104. The molecule has 0 atom stereocenters. The first-order valence-electron chi connectivity index (χ1n) is 10.0. The van der Waals surface area contributed by atoms with E-state index in [9.17, 15) is 13.2 Å². The number of carbonyl (C=O) groups excluding carboxylic acids is 1. The summed E-state index contributed by atoms with van der Waals surface area (Å²) in [5, 5.41) is 4.86. The number of carbonyl (C=O) groups is 1. The van der Waals surface area contributed by atoms with Crippen LogP contribution in [-0.4, -0.2) is 41.1 Å². The highest BCUT2D eigenvalue weighted by molar-refractivity contribution is 7.89. The van der Waals surface area contributed by atoms with Crippen LogP contribution in [0.2, 0.25) is 0 Å². The fourth-order valence-electron chi connectivity index (χ4n) is 3.05. The van der Waals surface area contributed by atoms with Crippen LogP contribution in [0.15, 0.2) is 71.6 Å². The molecule has 1 amide bonds. The van der Waals surface area contributed by atoms with Crippen LogP contribution in [-0.2, 0) is 14.8 Å². The molecule has 0 saturated heterocycles. The summed E-state index contributed by atoms with van der Waals surface area (Å²) in [7, 11) is -2.12. The molecular formula is C23H26N2O5S. The first-order chi connectivity index (χ1) is 15.0. The second-order valence-electron chi connectivity index (χ2n) is 6.85. The topological polar surface area (TPSA) is 93.7 Å². The standard InChI is InChI=1S/C23H26N2O5S/c1-29-19-11-13-20(14-12-19)31(27,28)25-16-15-24-23(26)10-5-17-30-22-9-4-7-18-6-2-3-8-21(18)22/h2-4,6-9,11-14,25H,5,10,15-17H2,1H3,(H,24,26). The molecule has 3 rings (SSSR count). The third-order valence-corrected chi connectivity index (χ3v) is 6.14. The number of ether oxygens (including phenoxy) is 2. The fraction of sp³-hybridized carbons (Fsp3) is 0.261. The zero-order chi connectivity index (χ0) is 22.1. The number of amides is 1. The molecule has 0 unspecified atom stereocenters. The van der Waals surface area contributed by atoms with Crippen molar-refractivity contribution in [3.8, 4) is 11.5 Å². The van der Waals surface area contributed by atoms with Crippen LogP contribution < -0.4 is 19.5 Å². The third kappa shape index (κ3) is 6.44. The van der Waals surface area contributed by atoms with Crippen LogP contribution in [0.1, 0.15) is 12.8 Å². The van der Waals surface area contributed by atoms with Gasteiger partial charge in [-0.05, 0) is 42.1 Å². The smallest absolute Gasteiger partial charge is 0.240 e. The van der Waals surface area contributed by atoms with Gasteiger partial charge in [-0.15, -0.1) is 0 Å². The minimum atomic E-state index is -3.63. The Labute approximate surface area is 182 Å². The number of hydrogen-bond acceptors (Lipinski definition) is 5. The highest BCUT2D eigenvalue weighted by Gasteiger charge is 2.13. The monoisotopic (exact) mass is 442 g/mol. The Morgan fingerprint density at radius 2 is 1.68 bits per heavy atom. The lowest BCUT2D eigenvalue weighted by atomic mass is 10.1. The van der Waals surface area contributed by atoms with Gasteiger partial charge in [0.25, 0.3) is 0 Å². The first kappa shape index (κ1) is 22.6. The SMILES string of the molecule is COc1ccc(S(=O)(=O)NCCNC(=O)CCCOc2cccc3ccccc23)cc1. The number of nitrogens with one attached hydrogen (secondary N) is 2. The predicted molar refractivity (Wildman–Crippen MR) is 120 cm³/mol. The van der Waals surface area contributed by atoms with Gasteiger partial charge in [-0.2, -0.15) is 0 Å². The molecule has 8 heteroatoms. The Hall–Kier alpha value is -3.10. The summed E-state index contributed by atoms with van der Waals surface area (Å²) in [4.78, 5) is 12.1. The largest absolute Gasteiger partial charge is 0.497 e. The van der Waals surface area contributed by atoms with Crippen molar-refractivity contribution < 1.29 is 22.7 Å². The second kappa shape index (κ2) is 10.8. The molecule has 0 bridgehead atoms. The van der Waals surface area contributed by atoms with E-state index in [1.54, 1.807) is 12.1 Å². The zero-order valence-corrected chi connectivity index (χ0v) is 18.2. The summed E-state index contributed by atoms with van der Waals surface area (Å²) >= 11 is 0. The molecule has 0 heterocycles. The van der Waals surface area contributed by atoms with Gasteiger partial charge in [-0.3, -0.25) is 4.79 Å². The molecule has 0 aliphatic rings. The maximum atomic E-state index is 12.2. The number of methoxy groups -OCH3 is 1. The minimum Gasteiger partial charge on any atom is -0.497 e. The van der Waals surface area contributed by atoms with E-state index < -0.39 is 10.0 Å². The fourth-order valence-corrected chi connectivity index (χ4v) is 4.08. The van der Waals surface area contributed by atoms with Crippen molar-refractivity contribution >= 4 is 26.7 Å². The molecule has 3 aromatic rings. The van der Waals surface area contributed by atoms with Crippen LogP contribution in [0, 0.1) is 0 Å². The van der Waals surface area contributed by atoms with Gasteiger partial charge in [0.2, 0.25) is 15.9 Å². The summed E-state index contributed by atoms with van der Waals surface area (Å²) in [6.45, 7) is 0.733. The molecule has 0 aliphatic carbocycles. The second-order valence-corrected chi connectivity index (χ2v) is 8.62. The predicted octanol–water partition coefficient (Wildman–Crippen LogP) is 3.10. The molecular weight excluding hydrogens is 416 g/mol. The van der Waals surface area contributed by atoms with Crippen molar-refractivity contribution in [3.63, 3.8) is 0 Å². The van der Waals surface area contributed by atoms with Crippen molar-refractivity contribution in [2.24, 2.45) is 0 Å². The molecule has 0 fully saturated rings. The van der Waals surface area contributed by atoms with Gasteiger partial charge in [0.15, 0.2) is 0 Å². The lowest BCUT2D eigenvalue weighted by Gasteiger charge is -2.10.